The molecule has 0 radical (unpaired) electrons. The van der Waals surface area contributed by atoms with Gasteiger partial charge >= 0.3 is 0 Å². The van der Waals surface area contributed by atoms with Crippen LogP contribution >= 0.6 is 11.3 Å². The Morgan fingerprint density at radius 3 is 2.75 bits per heavy atom. The minimum absolute atomic E-state index is 0.144. The normalized spacial score (nSPS) is 16.0. The molecular formula is C9H14FNS. The quantitative estimate of drug-likeness (QED) is 0.773. The van der Waals surface area contributed by atoms with E-state index in [4.69, 9.17) is 5.73 Å². The highest BCUT2D eigenvalue weighted by molar-refractivity contribution is 7.10. The average Bonchev–Trinajstić information content (AvgIpc) is 2.48. The molecule has 0 bridgehead atoms. The van der Waals surface area contributed by atoms with Crippen LogP contribution in [0.25, 0.3) is 0 Å². The summed E-state index contributed by atoms with van der Waals surface area (Å²) in [6.07, 6.45) is 0.985. The van der Waals surface area contributed by atoms with E-state index in [1.54, 1.807) is 5.38 Å². The number of hydrogen-bond donors (Lipinski definition) is 1. The van der Waals surface area contributed by atoms with E-state index in [9.17, 15) is 4.39 Å². The predicted molar refractivity (Wildman–Crippen MR) is 50.7 cm³/mol. The second kappa shape index (κ2) is 4.01. The van der Waals surface area contributed by atoms with Crippen molar-refractivity contribution in [2.24, 2.45) is 11.7 Å². The topological polar surface area (TPSA) is 26.0 Å². The first-order chi connectivity index (χ1) is 5.66. The zero-order valence-corrected chi connectivity index (χ0v) is 8.20. The molecule has 3 heteroatoms. The van der Waals surface area contributed by atoms with E-state index in [0.29, 0.717) is 10.8 Å². The first-order valence-electron chi connectivity index (χ1n) is 4.15. The molecule has 0 amide bonds. The highest BCUT2D eigenvalue weighted by atomic mass is 32.1. The lowest BCUT2D eigenvalue weighted by atomic mass is 9.99. The Kier molecular flexibility index (Phi) is 3.23. The molecule has 0 aliphatic heterocycles. The molecule has 0 saturated carbocycles. The highest BCUT2D eigenvalue weighted by Gasteiger charge is 2.17. The molecule has 0 fully saturated rings. The lowest BCUT2D eigenvalue weighted by molar-refractivity contribution is 0.447. The van der Waals surface area contributed by atoms with E-state index < -0.39 is 0 Å². The van der Waals surface area contributed by atoms with Crippen LogP contribution in [0.4, 0.5) is 4.39 Å². The van der Waals surface area contributed by atoms with Crippen LogP contribution in [0.5, 0.6) is 0 Å². The minimum atomic E-state index is -0.159. The molecule has 1 nitrogen and oxygen atoms in total. The Morgan fingerprint density at radius 2 is 2.33 bits per heavy atom. The van der Waals surface area contributed by atoms with E-state index >= 15 is 0 Å². The minimum Gasteiger partial charge on any atom is -0.323 e. The van der Waals surface area contributed by atoms with Gasteiger partial charge in [-0.15, -0.1) is 11.3 Å². The Bertz CT molecular complexity index is 246. The molecule has 2 N–H and O–H groups in total. The maximum atomic E-state index is 13.0. The number of nitrogens with two attached hydrogens (primary N) is 1. The lowest BCUT2D eigenvalue weighted by Gasteiger charge is -2.16. The standard InChI is InChI=1S/C9H14FNS/c1-3-6(2)8(11)9-7(10)4-5-12-9/h4-6,8H,3,11H2,1-2H3. The van der Waals surface area contributed by atoms with Gasteiger partial charge in [-0.1, -0.05) is 20.3 Å². The molecule has 0 aliphatic rings. The van der Waals surface area contributed by atoms with Crippen molar-refractivity contribution in [2.75, 3.05) is 0 Å². The Morgan fingerprint density at radius 1 is 1.67 bits per heavy atom. The van der Waals surface area contributed by atoms with Crippen molar-refractivity contribution in [3.05, 3.63) is 22.1 Å². The first kappa shape index (κ1) is 9.68. The molecule has 0 aliphatic carbocycles. The maximum Gasteiger partial charge on any atom is 0.138 e. The van der Waals surface area contributed by atoms with Crippen molar-refractivity contribution >= 4 is 11.3 Å². The van der Waals surface area contributed by atoms with Gasteiger partial charge in [0.1, 0.15) is 5.82 Å². The lowest BCUT2D eigenvalue weighted by Crippen LogP contribution is -2.18. The predicted octanol–water partition coefficient (Wildman–Crippen LogP) is 2.93. The van der Waals surface area contributed by atoms with Gasteiger partial charge in [0.05, 0.1) is 4.88 Å². The summed E-state index contributed by atoms with van der Waals surface area (Å²) >= 11 is 1.40. The van der Waals surface area contributed by atoms with Gasteiger partial charge in [0, 0.05) is 6.04 Å². The van der Waals surface area contributed by atoms with Crippen LogP contribution in [0.15, 0.2) is 11.4 Å². The van der Waals surface area contributed by atoms with Crippen LogP contribution < -0.4 is 5.73 Å². The monoisotopic (exact) mass is 187 g/mol. The second-order valence-corrected chi connectivity index (χ2v) is 3.99. The van der Waals surface area contributed by atoms with Gasteiger partial charge in [-0.25, -0.2) is 4.39 Å². The van der Waals surface area contributed by atoms with E-state index in [1.165, 1.54) is 17.4 Å². The van der Waals surface area contributed by atoms with E-state index in [1.807, 2.05) is 6.92 Å². The fourth-order valence-electron chi connectivity index (χ4n) is 1.06. The van der Waals surface area contributed by atoms with Crippen LogP contribution in [-0.2, 0) is 0 Å². The van der Waals surface area contributed by atoms with Gasteiger partial charge in [0.15, 0.2) is 0 Å². The Balaban J connectivity index is 2.77. The van der Waals surface area contributed by atoms with Gasteiger partial charge in [-0.3, -0.25) is 0 Å². The van der Waals surface area contributed by atoms with Crippen LogP contribution in [0.3, 0.4) is 0 Å². The summed E-state index contributed by atoms with van der Waals surface area (Å²) in [4.78, 5) is 0.685. The van der Waals surface area contributed by atoms with Crippen molar-refractivity contribution in [2.45, 2.75) is 26.3 Å². The van der Waals surface area contributed by atoms with Crippen LogP contribution in [-0.4, -0.2) is 0 Å². The zero-order chi connectivity index (χ0) is 9.14. The van der Waals surface area contributed by atoms with Gasteiger partial charge in [0.25, 0.3) is 0 Å². The molecule has 0 aromatic carbocycles. The molecule has 12 heavy (non-hydrogen) atoms. The average molecular weight is 187 g/mol. The van der Waals surface area contributed by atoms with Crippen molar-refractivity contribution in [3.8, 4) is 0 Å². The second-order valence-electron chi connectivity index (χ2n) is 3.04. The number of halogens is 1. The first-order valence-corrected chi connectivity index (χ1v) is 5.03. The summed E-state index contributed by atoms with van der Waals surface area (Å²) < 4.78 is 13.0. The molecule has 1 heterocycles. The van der Waals surface area contributed by atoms with Gasteiger partial charge in [-0.05, 0) is 17.4 Å². The third-order valence-corrected chi connectivity index (χ3v) is 3.20. The van der Waals surface area contributed by atoms with Crippen molar-refractivity contribution in [1.29, 1.82) is 0 Å². The van der Waals surface area contributed by atoms with E-state index in [-0.39, 0.29) is 11.9 Å². The van der Waals surface area contributed by atoms with Gasteiger partial charge in [0.2, 0.25) is 0 Å². The molecule has 68 valence electrons. The van der Waals surface area contributed by atoms with Crippen molar-refractivity contribution in [3.63, 3.8) is 0 Å². The van der Waals surface area contributed by atoms with Gasteiger partial charge in [-0.2, -0.15) is 0 Å². The van der Waals surface area contributed by atoms with Crippen LogP contribution in [0, 0.1) is 11.7 Å². The molecule has 0 saturated heterocycles. The third-order valence-electron chi connectivity index (χ3n) is 2.20. The Labute approximate surface area is 76.4 Å². The van der Waals surface area contributed by atoms with Crippen molar-refractivity contribution in [1.82, 2.24) is 0 Å². The molecule has 2 unspecified atom stereocenters. The molecule has 2 atom stereocenters. The largest absolute Gasteiger partial charge is 0.323 e. The zero-order valence-electron chi connectivity index (χ0n) is 7.38. The maximum absolute atomic E-state index is 13.0. The summed E-state index contributed by atoms with van der Waals surface area (Å²) in [5, 5.41) is 1.74. The summed E-state index contributed by atoms with van der Waals surface area (Å²) in [5.41, 5.74) is 5.86. The molecule has 0 spiro atoms. The third kappa shape index (κ3) is 1.84. The van der Waals surface area contributed by atoms with E-state index in [0.717, 1.165) is 6.42 Å². The smallest absolute Gasteiger partial charge is 0.138 e. The van der Waals surface area contributed by atoms with Gasteiger partial charge < -0.3 is 5.73 Å². The van der Waals surface area contributed by atoms with E-state index in [2.05, 4.69) is 6.92 Å². The number of rotatable bonds is 3. The number of hydrogen-bond acceptors (Lipinski definition) is 2. The van der Waals surface area contributed by atoms with Crippen LogP contribution in [0.1, 0.15) is 31.2 Å². The summed E-state index contributed by atoms with van der Waals surface area (Å²) in [5.74, 6) is 0.186. The number of thiophene rings is 1. The van der Waals surface area contributed by atoms with Crippen LogP contribution in [0.2, 0.25) is 0 Å². The van der Waals surface area contributed by atoms with Crippen molar-refractivity contribution < 1.29 is 4.39 Å². The molecule has 1 aromatic rings. The SMILES string of the molecule is CCC(C)C(N)c1sccc1F. The highest BCUT2D eigenvalue weighted by Crippen LogP contribution is 2.28. The Hall–Kier alpha value is -0.410. The molecule has 1 aromatic heterocycles. The molecular weight excluding hydrogens is 173 g/mol. The fraction of sp³-hybridized carbons (Fsp3) is 0.556. The summed E-state index contributed by atoms with van der Waals surface area (Å²) in [6, 6.07) is 1.33. The summed E-state index contributed by atoms with van der Waals surface area (Å²) in [7, 11) is 0. The summed E-state index contributed by atoms with van der Waals surface area (Å²) in [6.45, 7) is 4.11. The fourth-order valence-corrected chi connectivity index (χ4v) is 1.96. The molecule has 1 rings (SSSR count).